The van der Waals surface area contributed by atoms with Gasteiger partial charge in [-0.3, -0.25) is 4.79 Å². The highest BCUT2D eigenvalue weighted by molar-refractivity contribution is 7.45. The number of benzene rings is 3. The number of aliphatic imine (C=N–C) groups is 2. The van der Waals surface area contributed by atoms with Crippen molar-refractivity contribution in [1.82, 2.24) is 9.88 Å². The Bertz CT molecular complexity index is 1790. The molecule has 0 saturated heterocycles. The minimum Gasteiger partial charge on any atom is -0.431 e. The number of thiazole rings is 1. The lowest BCUT2D eigenvalue weighted by Gasteiger charge is -2.24. The minimum atomic E-state index is -0.410. The highest BCUT2D eigenvalue weighted by Gasteiger charge is 2.21. The zero-order chi connectivity index (χ0) is 29.1. The summed E-state index contributed by atoms with van der Waals surface area (Å²) < 4.78 is 1.21. The van der Waals surface area contributed by atoms with Gasteiger partial charge in [-0.05, 0) is 79.8 Å². The van der Waals surface area contributed by atoms with Crippen LogP contribution in [0, 0.1) is 6.92 Å². The average molecular weight is 559 g/mol. The first-order valence-electron chi connectivity index (χ1n) is 13.6. The first-order valence-corrected chi connectivity index (χ1v) is 14.4. The average Bonchev–Trinajstić information content (AvgIpc) is 3.36. The molecule has 198 valence electrons. The van der Waals surface area contributed by atoms with Crippen molar-refractivity contribution in [3.63, 3.8) is 0 Å². The van der Waals surface area contributed by atoms with Crippen LogP contribution in [0.2, 0.25) is 0 Å². The van der Waals surface area contributed by atoms with Crippen molar-refractivity contribution in [3.8, 4) is 10.6 Å². The molecule has 0 atom stereocenters. The van der Waals surface area contributed by atoms with E-state index in [0.717, 1.165) is 44.2 Å². The summed E-state index contributed by atoms with van der Waals surface area (Å²) in [4.78, 5) is 29.8. The van der Waals surface area contributed by atoms with Gasteiger partial charge in [-0.25, -0.2) is 9.98 Å². The second kappa shape index (κ2) is 12.2. The van der Waals surface area contributed by atoms with Crippen LogP contribution in [0.3, 0.4) is 0 Å². The number of nitrogens with zero attached hydrogens (tertiary/aromatic N) is 5. The Labute approximate surface area is 253 Å². The summed E-state index contributed by atoms with van der Waals surface area (Å²) in [6, 6.07) is 22.8. The monoisotopic (exact) mass is 559 g/mol. The molecular weight excluding hydrogens is 534 g/mol. The molecule has 1 amide bonds. The van der Waals surface area contributed by atoms with E-state index in [-0.39, 0.29) is 0 Å². The van der Waals surface area contributed by atoms with E-state index in [2.05, 4.69) is 84.0 Å². The number of amides is 1. The number of aryl methyl sites for hydroxylation is 1. The van der Waals surface area contributed by atoms with Crippen LogP contribution < -0.4 is 4.81 Å². The Hall–Kier alpha value is -4.36. The summed E-state index contributed by atoms with van der Waals surface area (Å²) in [5, 5.41) is 1.03. The number of amidine groups is 2. The topological polar surface area (TPSA) is 61.2 Å². The number of aromatic nitrogens is 1. The van der Waals surface area contributed by atoms with Gasteiger partial charge in [0.15, 0.2) is 13.1 Å². The summed E-state index contributed by atoms with van der Waals surface area (Å²) in [7, 11) is 10.2. The van der Waals surface area contributed by atoms with E-state index in [1.165, 1.54) is 16.3 Å². The fraction of sp³-hybridized carbons (Fsp3) is 0.0968. The molecule has 2 aliphatic rings. The smallest absolute Gasteiger partial charge is 0.271 e. The van der Waals surface area contributed by atoms with Gasteiger partial charge >= 0.3 is 0 Å². The third kappa shape index (κ3) is 6.11. The van der Waals surface area contributed by atoms with E-state index >= 15 is 0 Å². The Morgan fingerprint density at radius 3 is 2.76 bits per heavy atom. The maximum absolute atomic E-state index is 12.0. The molecule has 1 aromatic heterocycles. The molecule has 3 heterocycles. The van der Waals surface area contributed by atoms with Crippen molar-refractivity contribution < 1.29 is 4.79 Å². The predicted octanol–water partition coefficient (Wildman–Crippen LogP) is 4.97. The number of hydrogen-bond donors (Lipinski definition) is 0. The lowest BCUT2D eigenvalue weighted by Crippen LogP contribution is -2.34. The molecule has 4 radical (unpaired) electrons. The molecule has 0 unspecified atom stereocenters. The zero-order valence-electron chi connectivity index (χ0n) is 23.4. The van der Waals surface area contributed by atoms with Gasteiger partial charge in [-0.1, -0.05) is 48.5 Å². The lowest BCUT2D eigenvalue weighted by atomic mass is 9.09. The molecule has 6 rings (SSSR count). The molecule has 11 heteroatoms. The van der Waals surface area contributed by atoms with Gasteiger partial charge in [0, 0.05) is 37.5 Å². The van der Waals surface area contributed by atoms with Gasteiger partial charge in [0.25, 0.3) is 5.91 Å². The number of carbonyl (C=O) groups excluding carboxylic acids is 1. The predicted molar refractivity (Wildman–Crippen MR) is 180 cm³/mol. The maximum Gasteiger partial charge on any atom is 0.271 e. The largest absolute Gasteiger partial charge is 0.431 e. The molecule has 0 N–H and O–H groups in total. The van der Waals surface area contributed by atoms with Crippen molar-refractivity contribution in [3.05, 3.63) is 120 Å². The third-order valence-corrected chi connectivity index (χ3v) is 8.08. The number of carbonyl (C=O) groups is 1. The van der Waals surface area contributed by atoms with Crippen LogP contribution in [-0.4, -0.2) is 63.1 Å². The number of hydrogen-bond acceptors (Lipinski definition) is 5. The molecule has 0 bridgehead atoms. The van der Waals surface area contributed by atoms with Crippen molar-refractivity contribution in [1.29, 1.82) is 0 Å². The van der Waals surface area contributed by atoms with E-state index in [4.69, 9.17) is 9.98 Å². The van der Waals surface area contributed by atoms with E-state index in [1.807, 2.05) is 64.9 Å². The van der Waals surface area contributed by atoms with Crippen LogP contribution in [-0.2, 0) is 11.3 Å². The fourth-order valence-corrected chi connectivity index (χ4v) is 5.84. The first-order chi connectivity index (χ1) is 20.5. The fourth-order valence-electron chi connectivity index (χ4n) is 4.77. The molecular formula is C31H25B4N5OS. The van der Waals surface area contributed by atoms with E-state index in [0.29, 0.717) is 12.4 Å². The summed E-state index contributed by atoms with van der Waals surface area (Å²) in [6.07, 6.45) is 7.21. The molecule has 0 spiro atoms. The summed E-state index contributed by atoms with van der Waals surface area (Å²) in [5.41, 5.74) is 7.44. The molecule has 42 heavy (non-hydrogen) atoms. The van der Waals surface area contributed by atoms with Crippen molar-refractivity contribution in [2.45, 2.75) is 13.5 Å². The Morgan fingerprint density at radius 1 is 1.10 bits per heavy atom. The van der Waals surface area contributed by atoms with Gasteiger partial charge in [-0.15, -0.1) is 11.3 Å². The van der Waals surface area contributed by atoms with Gasteiger partial charge in [-0.2, -0.15) is 4.99 Å². The normalized spacial score (nSPS) is 14.7. The number of fused-ring (bicyclic) bond motifs is 3. The first kappa shape index (κ1) is 27.8. The van der Waals surface area contributed by atoms with Crippen molar-refractivity contribution in [2.75, 3.05) is 11.9 Å². The summed E-state index contributed by atoms with van der Waals surface area (Å²) >= 11 is 1.72. The van der Waals surface area contributed by atoms with Gasteiger partial charge in [0.1, 0.15) is 10.8 Å². The molecule has 3 aromatic carbocycles. The van der Waals surface area contributed by atoms with Gasteiger partial charge < -0.3 is 9.71 Å². The molecule has 6 nitrogen and oxygen atoms in total. The number of allylic oxidation sites excluding steroid dienone is 2. The van der Waals surface area contributed by atoms with Crippen molar-refractivity contribution in [2.24, 2.45) is 9.98 Å². The highest BCUT2D eigenvalue weighted by atomic mass is 32.1. The second-order valence-corrected chi connectivity index (χ2v) is 11.1. The Kier molecular flexibility index (Phi) is 8.11. The van der Waals surface area contributed by atoms with Crippen LogP contribution in [0.5, 0.6) is 0 Å². The minimum absolute atomic E-state index is 0.402. The Morgan fingerprint density at radius 2 is 1.93 bits per heavy atom. The number of anilines is 1. The summed E-state index contributed by atoms with van der Waals surface area (Å²) in [5.74, 6) is 0.727. The molecule has 0 saturated carbocycles. The highest BCUT2D eigenvalue weighted by Crippen LogP contribution is 2.31. The summed E-state index contributed by atoms with van der Waals surface area (Å²) in [6.45, 7) is 6.26. The van der Waals surface area contributed by atoms with Gasteiger partial charge in [0.2, 0.25) is 0 Å². The molecule has 0 fully saturated rings. The number of rotatable bonds is 8. The molecule has 4 aromatic rings. The Balaban J connectivity index is 1.05. The van der Waals surface area contributed by atoms with Crippen LogP contribution in [0.1, 0.15) is 16.7 Å². The van der Waals surface area contributed by atoms with E-state index in [9.17, 15) is 4.79 Å². The standard InChI is InChI=1S/C31H25B4N5OS/c1-4-29(41)38-30-25-8-6-5-7-22(25)18-40-19-23(12-16-28(40)37-30)32-33-34-35-39(3)24-13-10-21(11-14-24)31-36-26-15-9-20(2)17-27(26)42-31/h4-17,19H,1,18H2,2-3H3. The van der Waals surface area contributed by atoms with Crippen LogP contribution >= 0.6 is 11.3 Å². The van der Waals surface area contributed by atoms with E-state index in [1.54, 1.807) is 11.3 Å². The zero-order valence-corrected chi connectivity index (χ0v) is 24.3. The molecule has 0 aliphatic carbocycles. The van der Waals surface area contributed by atoms with Gasteiger partial charge in [0.05, 0.1) is 17.4 Å². The quantitative estimate of drug-likeness (QED) is 0.174. The SMILES string of the molecule is C=CC(=O)N=C1N=C2C=CC([B][B][B][B]N(C)c3ccc(-c4nc5ccc(C)cc5s4)cc3)=CN2Cc2ccccc21. The lowest BCUT2D eigenvalue weighted by molar-refractivity contribution is -0.113. The third-order valence-electron chi connectivity index (χ3n) is 7.01. The maximum atomic E-state index is 12.0. The van der Waals surface area contributed by atoms with Crippen LogP contribution in [0.4, 0.5) is 5.69 Å². The second-order valence-electron chi connectivity index (χ2n) is 10.0. The van der Waals surface area contributed by atoms with Crippen LogP contribution in [0.25, 0.3) is 20.8 Å². The van der Waals surface area contributed by atoms with Crippen molar-refractivity contribution >= 4 is 73.4 Å². The van der Waals surface area contributed by atoms with Crippen LogP contribution in [0.15, 0.2) is 113 Å². The molecule has 2 aliphatic heterocycles. The van der Waals surface area contributed by atoms with E-state index < -0.39 is 5.91 Å².